The third kappa shape index (κ3) is 8.04. The molecule has 0 unspecified atom stereocenters. The summed E-state index contributed by atoms with van der Waals surface area (Å²) in [5.74, 6) is -0.181. The zero-order valence-electron chi connectivity index (χ0n) is 19.3. The van der Waals surface area contributed by atoms with Crippen LogP contribution in [0.15, 0.2) is 42.6 Å². The number of ether oxygens (including phenoxy) is 1. The van der Waals surface area contributed by atoms with E-state index >= 15 is 0 Å². The van der Waals surface area contributed by atoms with Gasteiger partial charge in [0.25, 0.3) is 5.97 Å². The number of methoxy groups -OCH3 is 1. The van der Waals surface area contributed by atoms with Crippen LogP contribution in [0.2, 0.25) is 0 Å². The molecule has 1 aliphatic carbocycles. The average molecular weight is 459 g/mol. The Morgan fingerprint density at radius 1 is 1.25 bits per heavy atom. The minimum absolute atomic E-state index is 0.132. The summed E-state index contributed by atoms with van der Waals surface area (Å²) < 4.78 is 17.5. The van der Waals surface area contributed by atoms with Crippen molar-refractivity contribution in [1.29, 1.82) is 0 Å². The Balaban J connectivity index is 0.000000250. The Morgan fingerprint density at radius 2 is 1.91 bits per heavy atom. The quantitative estimate of drug-likeness (QED) is 0.483. The molecule has 1 fully saturated rings. The van der Waals surface area contributed by atoms with Crippen LogP contribution in [0, 0.1) is 18.2 Å². The molecular weight excluding hydrogens is 427 g/mol. The molecule has 3 aromatic rings. The molecule has 1 saturated carbocycles. The lowest BCUT2D eigenvalue weighted by Crippen LogP contribution is -1.99. The van der Waals surface area contributed by atoms with E-state index in [1.807, 2.05) is 18.2 Å². The van der Waals surface area contributed by atoms with Gasteiger partial charge in [-0.3, -0.25) is 4.79 Å². The first-order valence-electron chi connectivity index (χ1n) is 10.6. The molecular formula is C25H31FN2O3S. The number of carbonyl (C=O) groups is 1. The maximum atomic E-state index is 12.3. The number of benzene rings is 1. The van der Waals surface area contributed by atoms with Crippen molar-refractivity contribution in [1.82, 2.24) is 9.97 Å². The van der Waals surface area contributed by atoms with Gasteiger partial charge in [0.1, 0.15) is 16.6 Å². The normalized spacial score (nSPS) is 13.2. The van der Waals surface area contributed by atoms with Crippen LogP contribution in [0.5, 0.6) is 5.75 Å². The fourth-order valence-corrected chi connectivity index (χ4v) is 4.21. The summed E-state index contributed by atoms with van der Waals surface area (Å²) in [4.78, 5) is 19.7. The molecule has 32 heavy (non-hydrogen) atoms. The predicted molar refractivity (Wildman–Crippen MR) is 127 cm³/mol. The molecule has 1 N–H and O–H groups in total. The zero-order valence-corrected chi connectivity index (χ0v) is 20.1. The molecule has 0 amide bonds. The van der Waals surface area contributed by atoms with Gasteiger partial charge < -0.3 is 9.84 Å². The van der Waals surface area contributed by atoms with Crippen LogP contribution in [0.25, 0.3) is 10.7 Å². The number of aliphatic carboxylic acids is 1. The summed E-state index contributed by atoms with van der Waals surface area (Å²) in [6, 6.07) is 10.6. The Hall–Kier alpha value is -2.80. The van der Waals surface area contributed by atoms with Gasteiger partial charge in [-0.15, -0.1) is 11.3 Å². The lowest BCUT2D eigenvalue weighted by Gasteiger charge is -2.06. The van der Waals surface area contributed by atoms with Gasteiger partial charge in [-0.1, -0.05) is 32.0 Å². The topological polar surface area (TPSA) is 72.3 Å². The molecule has 172 valence electrons. The van der Waals surface area contributed by atoms with Crippen molar-refractivity contribution < 1.29 is 19.0 Å². The van der Waals surface area contributed by atoms with Gasteiger partial charge in [0.2, 0.25) is 0 Å². The van der Waals surface area contributed by atoms with Crippen molar-refractivity contribution in [2.45, 2.75) is 53.4 Å². The van der Waals surface area contributed by atoms with Crippen LogP contribution in [-0.2, 0) is 17.6 Å². The standard InChI is InChI=1S/C16H20N2OS.C7H7F.C2H4O2/c1-4-12-14(9-16(2)7-8-16)20-15(18-12)13-6-5-11(19-3)10-17-13;1-6-4-2-3-5-7(6)8;1-2(3)4/h5-6,10H,4,7-9H2,1-3H3;2-5H,1H3;1H3,(H,3,4). The maximum absolute atomic E-state index is 12.3. The number of carboxylic acids is 1. The SMILES string of the molecule is CC(=O)O.CCc1nc(-c2ccc(OC)cn2)sc1CC1(C)CC1.Cc1ccccc1F. The van der Waals surface area contributed by atoms with Gasteiger partial charge in [0, 0.05) is 11.8 Å². The van der Waals surface area contributed by atoms with E-state index in [1.165, 1.54) is 35.9 Å². The van der Waals surface area contributed by atoms with E-state index in [2.05, 4.69) is 18.8 Å². The van der Waals surface area contributed by atoms with Gasteiger partial charge in [-0.2, -0.15) is 0 Å². The first-order chi connectivity index (χ1) is 15.2. The summed E-state index contributed by atoms with van der Waals surface area (Å²) in [6.45, 7) is 7.38. The van der Waals surface area contributed by atoms with Crippen molar-refractivity contribution in [2.75, 3.05) is 7.11 Å². The Kier molecular flexibility index (Phi) is 9.32. The Morgan fingerprint density at radius 3 is 2.34 bits per heavy atom. The summed E-state index contributed by atoms with van der Waals surface area (Å²) >= 11 is 1.80. The van der Waals surface area contributed by atoms with Crippen molar-refractivity contribution in [3.05, 3.63) is 64.5 Å². The molecule has 1 aliphatic rings. The summed E-state index contributed by atoms with van der Waals surface area (Å²) in [7, 11) is 1.66. The van der Waals surface area contributed by atoms with E-state index < -0.39 is 5.97 Å². The molecule has 2 heterocycles. The summed E-state index contributed by atoms with van der Waals surface area (Å²) in [5.41, 5.74) is 3.42. The molecule has 1 aromatic carbocycles. The van der Waals surface area contributed by atoms with Crippen LogP contribution in [0.4, 0.5) is 4.39 Å². The molecule has 5 nitrogen and oxygen atoms in total. The van der Waals surface area contributed by atoms with Gasteiger partial charge in [0.15, 0.2) is 0 Å². The molecule has 0 aliphatic heterocycles. The van der Waals surface area contributed by atoms with Crippen LogP contribution in [0.3, 0.4) is 0 Å². The van der Waals surface area contributed by atoms with Crippen molar-refractivity contribution in [2.24, 2.45) is 5.41 Å². The van der Waals surface area contributed by atoms with E-state index in [1.54, 1.807) is 43.7 Å². The van der Waals surface area contributed by atoms with Crippen molar-refractivity contribution >= 4 is 17.3 Å². The number of pyridine rings is 1. The average Bonchev–Trinajstić information content (AvgIpc) is 3.35. The monoisotopic (exact) mass is 458 g/mol. The number of rotatable bonds is 5. The van der Waals surface area contributed by atoms with E-state index in [-0.39, 0.29) is 5.82 Å². The van der Waals surface area contributed by atoms with Gasteiger partial charge in [0.05, 0.1) is 24.7 Å². The van der Waals surface area contributed by atoms with E-state index in [4.69, 9.17) is 19.6 Å². The lowest BCUT2D eigenvalue weighted by atomic mass is 10.0. The van der Waals surface area contributed by atoms with Gasteiger partial charge in [-0.05, 0) is 61.8 Å². The fourth-order valence-electron chi connectivity index (χ4n) is 2.86. The van der Waals surface area contributed by atoms with E-state index in [9.17, 15) is 4.39 Å². The smallest absolute Gasteiger partial charge is 0.300 e. The first kappa shape index (κ1) is 25.5. The number of hydrogen-bond donors (Lipinski definition) is 1. The van der Waals surface area contributed by atoms with Crippen molar-refractivity contribution in [3.63, 3.8) is 0 Å². The van der Waals surface area contributed by atoms with Crippen molar-refractivity contribution in [3.8, 4) is 16.5 Å². The highest BCUT2D eigenvalue weighted by atomic mass is 32.1. The third-order valence-electron chi connectivity index (χ3n) is 5.07. The van der Waals surface area contributed by atoms with E-state index in [0.717, 1.165) is 29.8 Å². The molecule has 0 saturated heterocycles. The zero-order chi connectivity index (χ0) is 23.7. The molecule has 0 spiro atoms. The fraction of sp³-hybridized carbons (Fsp3) is 0.400. The van der Waals surface area contributed by atoms with Crippen LogP contribution in [0.1, 0.15) is 49.7 Å². The number of aryl methyl sites for hydroxylation is 2. The Labute approximate surface area is 193 Å². The second kappa shape index (κ2) is 11.7. The number of aromatic nitrogens is 2. The van der Waals surface area contributed by atoms with E-state index in [0.29, 0.717) is 11.0 Å². The minimum Gasteiger partial charge on any atom is -0.495 e. The second-order valence-electron chi connectivity index (χ2n) is 8.08. The molecule has 7 heteroatoms. The Bertz CT molecular complexity index is 989. The minimum atomic E-state index is -0.833. The lowest BCUT2D eigenvalue weighted by molar-refractivity contribution is -0.134. The van der Waals surface area contributed by atoms with Crippen LogP contribution in [-0.4, -0.2) is 28.2 Å². The molecule has 0 bridgehead atoms. The second-order valence-corrected chi connectivity index (χ2v) is 9.16. The summed E-state index contributed by atoms with van der Waals surface area (Å²) in [6.07, 6.45) is 6.63. The molecule has 0 atom stereocenters. The number of hydrogen-bond acceptors (Lipinski definition) is 5. The third-order valence-corrected chi connectivity index (χ3v) is 6.19. The number of thiazole rings is 1. The molecule has 4 rings (SSSR count). The number of carboxylic acid groups (broad SMARTS) is 1. The highest BCUT2D eigenvalue weighted by molar-refractivity contribution is 7.15. The summed E-state index contributed by atoms with van der Waals surface area (Å²) in [5, 5.41) is 8.45. The van der Waals surface area contributed by atoms with Gasteiger partial charge >= 0.3 is 0 Å². The number of nitrogens with zero attached hydrogens (tertiary/aromatic N) is 2. The predicted octanol–water partition coefficient (Wildman–Crippen LogP) is 6.34. The first-order valence-corrected chi connectivity index (χ1v) is 11.4. The van der Waals surface area contributed by atoms with Crippen LogP contribution >= 0.6 is 11.3 Å². The molecule has 0 radical (unpaired) electrons. The van der Waals surface area contributed by atoms with Gasteiger partial charge in [-0.25, -0.2) is 14.4 Å². The maximum Gasteiger partial charge on any atom is 0.300 e. The highest BCUT2D eigenvalue weighted by Gasteiger charge is 2.38. The largest absolute Gasteiger partial charge is 0.495 e. The number of halogens is 1. The highest BCUT2D eigenvalue weighted by Crippen LogP contribution is 2.49. The van der Waals surface area contributed by atoms with Crippen LogP contribution < -0.4 is 4.74 Å². The molecule has 2 aromatic heterocycles.